The Hall–Kier alpha value is -3.44. The summed E-state index contributed by atoms with van der Waals surface area (Å²) in [4.78, 5) is 19.5. The molecule has 0 N–H and O–H groups in total. The van der Waals surface area contributed by atoms with E-state index in [1.165, 1.54) is 5.56 Å². The third-order valence-electron chi connectivity index (χ3n) is 5.76. The van der Waals surface area contributed by atoms with Gasteiger partial charge in [-0.1, -0.05) is 36.4 Å². The molecule has 0 amide bonds. The molecule has 0 saturated heterocycles. The Labute approximate surface area is 175 Å². The van der Waals surface area contributed by atoms with Crippen LogP contribution in [0.15, 0.2) is 66.6 Å². The van der Waals surface area contributed by atoms with E-state index in [1.807, 2.05) is 49.4 Å². The van der Waals surface area contributed by atoms with Gasteiger partial charge in [-0.25, -0.2) is 0 Å². The van der Waals surface area contributed by atoms with Crippen molar-refractivity contribution in [1.29, 1.82) is 0 Å². The van der Waals surface area contributed by atoms with Crippen molar-refractivity contribution in [2.75, 3.05) is 6.73 Å². The van der Waals surface area contributed by atoms with Crippen molar-refractivity contribution >= 4 is 11.9 Å². The first-order chi connectivity index (χ1) is 14.6. The van der Waals surface area contributed by atoms with Crippen LogP contribution in [0.1, 0.15) is 45.7 Å². The Morgan fingerprint density at radius 2 is 1.90 bits per heavy atom. The zero-order chi connectivity index (χ0) is 20.7. The van der Waals surface area contributed by atoms with E-state index < -0.39 is 0 Å². The van der Waals surface area contributed by atoms with E-state index in [0.717, 1.165) is 16.9 Å². The molecule has 0 aliphatic carbocycles. The van der Waals surface area contributed by atoms with Crippen LogP contribution < -0.4 is 9.47 Å². The SMILES string of the molecule is Cc1c2c(cc3c1O/C(=C\c1ccccn1)C3=O)CN(C(C)c1ccccc1)CO2. The van der Waals surface area contributed by atoms with Crippen molar-refractivity contribution in [3.63, 3.8) is 0 Å². The molecular weight excluding hydrogens is 376 g/mol. The molecule has 0 radical (unpaired) electrons. The molecule has 5 heteroatoms. The minimum absolute atomic E-state index is 0.116. The van der Waals surface area contributed by atoms with Gasteiger partial charge in [0.15, 0.2) is 5.76 Å². The van der Waals surface area contributed by atoms with Crippen LogP contribution in [0, 0.1) is 6.92 Å². The Morgan fingerprint density at radius 1 is 1.10 bits per heavy atom. The molecule has 2 aliphatic rings. The number of fused-ring (bicyclic) bond motifs is 2. The van der Waals surface area contributed by atoms with Gasteiger partial charge in [0.1, 0.15) is 18.2 Å². The predicted molar refractivity (Wildman–Crippen MR) is 114 cm³/mol. The predicted octanol–water partition coefficient (Wildman–Crippen LogP) is 4.92. The maximum absolute atomic E-state index is 13.0. The van der Waals surface area contributed by atoms with Crippen LogP contribution in [0.25, 0.3) is 6.08 Å². The van der Waals surface area contributed by atoms with Crippen molar-refractivity contribution in [1.82, 2.24) is 9.88 Å². The number of hydrogen-bond donors (Lipinski definition) is 0. The molecule has 1 atom stereocenters. The number of benzene rings is 2. The number of carbonyl (C=O) groups excluding carboxylic acids is 1. The van der Waals surface area contributed by atoms with E-state index in [1.54, 1.807) is 12.3 Å². The maximum atomic E-state index is 13.0. The monoisotopic (exact) mass is 398 g/mol. The van der Waals surface area contributed by atoms with Gasteiger partial charge in [0.2, 0.25) is 5.78 Å². The molecule has 5 nitrogen and oxygen atoms in total. The van der Waals surface area contributed by atoms with Crippen LogP contribution in [-0.2, 0) is 6.54 Å². The summed E-state index contributed by atoms with van der Waals surface area (Å²) in [6.07, 6.45) is 3.38. The molecule has 1 unspecified atom stereocenters. The first-order valence-electron chi connectivity index (χ1n) is 10.1. The highest BCUT2D eigenvalue weighted by molar-refractivity contribution is 6.15. The standard InChI is InChI=1S/C25H22N2O3/c1-16-24-19(14-27(15-29-24)17(2)18-8-4-3-5-9-18)12-21-23(28)22(30-25(16)21)13-20-10-6-7-11-26-20/h3-13,17H,14-15H2,1-2H3/b22-13-. The fourth-order valence-electron chi connectivity index (χ4n) is 4.05. The fourth-order valence-corrected chi connectivity index (χ4v) is 4.05. The molecule has 2 aliphatic heterocycles. The highest BCUT2D eigenvalue weighted by atomic mass is 16.5. The van der Waals surface area contributed by atoms with Crippen molar-refractivity contribution in [3.05, 3.63) is 94.5 Å². The minimum Gasteiger partial charge on any atom is -0.477 e. The number of rotatable bonds is 3. The third-order valence-corrected chi connectivity index (χ3v) is 5.76. The van der Waals surface area contributed by atoms with Gasteiger partial charge in [0.25, 0.3) is 0 Å². The van der Waals surface area contributed by atoms with Gasteiger partial charge in [-0.15, -0.1) is 0 Å². The first kappa shape index (κ1) is 18.6. The number of carbonyl (C=O) groups is 1. The van der Waals surface area contributed by atoms with Gasteiger partial charge in [-0.2, -0.15) is 0 Å². The Morgan fingerprint density at radius 3 is 2.67 bits per heavy atom. The molecule has 3 heterocycles. The molecule has 0 bridgehead atoms. The molecular formula is C25H22N2O3. The lowest BCUT2D eigenvalue weighted by Gasteiger charge is -2.34. The maximum Gasteiger partial charge on any atom is 0.232 e. The summed E-state index contributed by atoms with van der Waals surface area (Å²) in [6.45, 7) is 5.33. The molecule has 0 spiro atoms. The second-order valence-corrected chi connectivity index (χ2v) is 7.67. The summed E-state index contributed by atoms with van der Waals surface area (Å²) in [5, 5.41) is 0. The van der Waals surface area contributed by atoms with Crippen LogP contribution in [0.3, 0.4) is 0 Å². The zero-order valence-electron chi connectivity index (χ0n) is 17.0. The van der Waals surface area contributed by atoms with Gasteiger partial charge in [0, 0.05) is 36.0 Å². The van der Waals surface area contributed by atoms with Gasteiger partial charge < -0.3 is 9.47 Å². The van der Waals surface area contributed by atoms with Crippen LogP contribution >= 0.6 is 0 Å². The van der Waals surface area contributed by atoms with E-state index in [9.17, 15) is 4.79 Å². The molecule has 150 valence electrons. The normalized spacial score (nSPS) is 17.8. The van der Waals surface area contributed by atoms with Crippen LogP contribution in [0.2, 0.25) is 0 Å². The van der Waals surface area contributed by atoms with Crippen molar-refractivity contribution in [3.8, 4) is 11.5 Å². The number of aromatic nitrogens is 1. The molecule has 0 fully saturated rings. The van der Waals surface area contributed by atoms with Crippen LogP contribution in [0.4, 0.5) is 0 Å². The molecule has 2 aromatic carbocycles. The quantitative estimate of drug-likeness (QED) is 0.586. The number of allylic oxidation sites excluding steroid dienone is 1. The van der Waals surface area contributed by atoms with Gasteiger partial charge in [-0.3, -0.25) is 14.7 Å². The van der Waals surface area contributed by atoms with Gasteiger partial charge in [-0.05, 0) is 37.6 Å². The summed E-state index contributed by atoms with van der Waals surface area (Å²) in [5.41, 5.74) is 4.40. The van der Waals surface area contributed by atoms with E-state index in [0.29, 0.717) is 36.0 Å². The summed E-state index contributed by atoms with van der Waals surface area (Å²) < 4.78 is 12.1. The highest BCUT2D eigenvalue weighted by Crippen LogP contribution is 2.44. The molecule has 0 saturated carbocycles. The summed E-state index contributed by atoms with van der Waals surface area (Å²) in [6, 6.07) is 18.1. The highest BCUT2D eigenvalue weighted by Gasteiger charge is 2.34. The number of ether oxygens (including phenoxy) is 2. The summed E-state index contributed by atoms with van der Waals surface area (Å²) in [5.74, 6) is 1.58. The average Bonchev–Trinajstić information content (AvgIpc) is 3.10. The lowest BCUT2D eigenvalue weighted by Crippen LogP contribution is -2.34. The van der Waals surface area contributed by atoms with E-state index in [2.05, 4.69) is 28.9 Å². The van der Waals surface area contributed by atoms with Crippen LogP contribution in [-0.4, -0.2) is 22.4 Å². The number of nitrogens with zero attached hydrogens (tertiary/aromatic N) is 2. The molecule has 1 aromatic heterocycles. The molecule has 5 rings (SSSR count). The summed E-state index contributed by atoms with van der Waals surface area (Å²) in [7, 11) is 0. The topological polar surface area (TPSA) is 51.7 Å². The lowest BCUT2D eigenvalue weighted by atomic mass is 9.99. The smallest absolute Gasteiger partial charge is 0.232 e. The van der Waals surface area contributed by atoms with Crippen molar-refractivity contribution < 1.29 is 14.3 Å². The number of pyridine rings is 1. The van der Waals surface area contributed by atoms with E-state index in [4.69, 9.17) is 9.47 Å². The van der Waals surface area contributed by atoms with Crippen molar-refractivity contribution in [2.45, 2.75) is 26.4 Å². The molecule has 3 aromatic rings. The third kappa shape index (κ3) is 3.17. The second-order valence-electron chi connectivity index (χ2n) is 7.67. The zero-order valence-corrected chi connectivity index (χ0v) is 17.0. The average molecular weight is 398 g/mol. The van der Waals surface area contributed by atoms with Gasteiger partial charge >= 0.3 is 0 Å². The van der Waals surface area contributed by atoms with E-state index in [-0.39, 0.29) is 11.8 Å². The van der Waals surface area contributed by atoms with E-state index >= 15 is 0 Å². The Balaban J connectivity index is 1.46. The summed E-state index contributed by atoms with van der Waals surface area (Å²) >= 11 is 0. The molecule has 30 heavy (non-hydrogen) atoms. The second kappa shape index (κ2) is 7.43. The van der Waals surface area contributed by atoms with Gasteiger partial charge in [0.05, 0.1) is 11.3 Å². The Bertz CT molecular complexity index is 1140. The van der Waals surface area contributed by atoms with Crippen molar-refractivity contribution in [2.24, 2.45) is 0 Å². The number of ketones is 1. The lowest BCUT2D eigenvalue weighted by molar-refractivity contribution is 0.0609. The number of Topliss-reactive ketones (excluding diaryl/α,β-unsaturated/α-hetero) is 1. The Kier molecular flexibility index (Phi) is 4.60. The largest absolute Gasteiger partial charge is 0.477 e. The number of hydrogen-bond acceptors (Lipinski definition) is 5. The minimum atomic E-state index is -0.116. The first-order valence-corrected chi connectivity index (χ1v) is 10.1. The fraction of sp³-hybridized carbons (Fsp3) is 0.200. The van der Waals surface area contributed by atoms with Crippen LogP contribution in [0.5, 0.6) is 11.5 Å².